The summed E-state index contributed by atoms with van der Waals surface area (Å²) in [6.07, 6.45) is -9.17. The maximum Gasteiger partial charge on any atom is 0.314 e. The molecular weight excluding hydrogens is 776 g/mol. The molecule has 4 fully saturated rings. The number of rotatable bonds is 11. The average molecular weight is 851 g/mol. The van der Waals surface area contributed by atoms with Crippen molar-refractivity contribution in [3.8, 4) is 0 Å². The second-order valence-electron chi connectivity index (χ2n) is 18.1. The first-order chi connectivity index (χ1) is 27.5. The van der Waals surface area contributed by atoms with E-state index in [1.54, 1.807) is 55.6 Å². The van der Waals surface area contributed by atoms with Crippen molar-refractivity contribution in [1.29, 1.82) is 0 Å². The van der Waals surface area contributed by atoms with E-state index < -0.39 is 101 Å². The van der Waals surface area contributed by atoms with Crippen molar-refractivity contribution in [1.82, 2.24) is 4.90 Å². The lowest BCUT2D eigenvalue weighted by Crippen LogP contribution is -2.67. The van der Waals surface area contributed by atoms with Crippen molar-refractivity contribution in [2.45, 2.75) is 172 Å². The lowest BCUT2D eigenvalue weighted by Gasteiger charge is -2.55. The normalized spacial score (nSPS) is 47.4. The minimum Gasteiger partial charge on any atom is -0.459 e. The highest BCUT2D eigenvalue weighted by molar-refractivity contribution is 5.88. The van der Waals surface area contributed by atoms with Gasteiger partial charge in [0, 0.05) is 38.0 Å². The van der Waals surface area contributed by atoms with Gasteiger partial charge in [0.25, 0.3) is 5.97 Å². The molecule has 5 N–H and O–H groups in total. The zero-order valence-corrected chi connectivity index (χ0v) is 37.4. The lowest BCUT2D eigenvalue weighted by atomic mass is 9.73. The molecule has 0 amide bonds. The smallest absolute Gasteiger partial charge is 0.314 e. The Labute approximate surface area is 349 Å². The fraction of sp³-hybridized carbons (Fsp3) is 0.951. The zero-order chi connectivity index (χ0) is 44.2. The molecule has 8 unspecified atom stereocenters. The molecule has 1 spiro atoms. The largest absolute Gasteiger partial charge is 0.459 e. The molecule has 18 atom stereocenters. The Balaban J connectivity index is 1.87. The van der Waals surface area contributed by atoms with Gasteiger partial charge in [0.1, 0.15) is 35.4 Å². The SMILES string of the molecule is CC[C@H]1OC(=O)[C@@H]2COC3(CC(C)(OC)C(O)C(C)O3)O[C@H]2[C@H](C)[C@@H](OC2OC(C)CC(N(C)C)C2O)[C@](C)(O)C[C@@H](C)/C(=N\OCOCCOC)[C@H](C)[C@@H](O)[C@]1(C)O. The number of oxime groups is 1. The Morgan fingerprint density at radius 1 is 0.966 bits per heavy atom. The fourth-order valence-corrected chi connectivity index (χ4v) is 9.39. The van der Waals surface area contributed by atoms with Crippen LogP contribution >= 0.6 is 0 Å². The third-order valence-corrected chi connectivity index (χ3v) is 12.9. The molecule has 344 valence electrons. The summed E-state index contributed by atoms with van der Waals surface area (Å²) in [5, 5.41) is 63.8. The molecule has 4 aliphatic heterocycles. The maximum atomic E-state index is 14.5. The second-order valence-corrected chi connectivity index (χ2v) is 18.1. The molecule has 18 nitrogen and oxygen atoms in total. The molecule has 0 saturated carbocycles. The van der Waals surface area contributed by atoms with Gasteiger partial charge in [-0.15, -0.1) is 0 Å². The summed E-state index contributed by atoms with van der Waals surface area (Å²) in [7, 11) is 6.72. The number of esters is 1. The molecule has 0 bridgehead atoms. The Kier molecular flexibility index (Phi) is 17.2. The van der Waals surface area contributed by atoms with E-state index in [2.05, 4.69) is 5.16 Å². The first-order valence-corrected chi connectivity index (χ1v) is 21.0. The van der Waals surface area contributed by atoms with Crippen LogP contribution in [0.25, 0.3) is 0 Å². The Morgan fingerprint density at radius 2 is 1.64 bits per heavy atom. The molecule has 4 rings (SSSR count). The van der Waals surface area contributed by atoms with Crippen LogP contribution < -0.4 is 0 Å². The molecule has 0 aromatic heterocycles. The Hall–Kier alpha value is -1.62. The predicted molar refractivity (Wildman–Crippen MR) is 212 cm³/mol. The van der Waals surface area contributed by atoms with Crippen molar-refractivity contribution < 1.29 is 77.8 Å². The van der Waals surface area contributed by atoms with E-state index in [4.69, 9.17) is 47.5 Å². The third kappa shape index (κ3) is 11.1. The quantitative estimate of drug-likeness (QED) is 0.0861. The molecule has 0 aliphatic carbocycles. The Bertz CT molecular complexity index is 1390. The van der Waals surface area contributed by atoms with Crippen LogP contribution in [0, 0.1) is 23.7 Å². The van der Waals surface area contributed by atoms with Crippen LogP contribution in [-0.4, -0.2) is 181 Å². The van der Waals surface area contributed by atoms with Gasteiger partial charge in [-0.3, -0.25) is 4.79 Å². The van der Waals surface area contributed by atoms with Gasteiger partial charge in [0.05, 0.1) is 68.1 Å². The van der Waals surface area contributed by atoms with E-state index in [-0.39, 0.29) is 57.1 Å². The molecule has 0 radical (unpaired) electrons. The highest BCUT2D eigenvalue weighted by atomic mass is 16.9. The summed E-state index contributed by atoms with van der Waals surface area (Å²) in [6.45, 7) is 15.2. The fourth-order valence-electron chi connectivity index (χ4n) is 9.39. The van der Waals surface area contributed by atoms with Gasteiger partial charge in [0.2, 0.25) is 6.79 Å². The molecule has 18 heteroatoms. The van der Waals surface area contributed by atoms with E-state index in [0.717, 1.165) is 0 Å². The number of likely N-dealkylation sites (N-methyl/N-ethyl adjacent to an activating group) is 1. The summed E-state index contributed by atoms with van der Waals surface area (Å²) in [5.74, 6) is -6.21. The average Bonchev–Trinajstić information content (AvgIpc) is 3.17. The third-order valence-electron chi connectivity index (χ3n) is 12.9. The number of ether oxygens (including phenoxy) is 9. The summed E-state index contributed by atoms with van der Waals surface area (Å²) in [4.78, 5) is 22.0. The summed E-state index contributed by atoms with van der Waals surface area (Å²) in [6, 6.07) is -0.342. The number of methoxy groups -OCH3 is 2. The number of fused-ring (bicyclic) bond motifs is 1. The van der Waals surface area contributed by atoms with Crippen molar-refractivity contribution in [2.75, 3.05) is 54.9 Å². The zero-order valence-electron chi connectivity index (χ0n) is 37.4. The highest BCUT2D eigenvalue weighted by Gasteiger charge is 2.61. The van der Waals surface area contributed by atoms with Gasteiger partial charge >= 0.3 is 5.97 Å². The highest BCUT2D eigenvalue weighted by Crippen LogP contribution is 2.47. The standard InChI is InChI=1S/C41H74N2O16/c1-14-29-40(9,49)33(45)24(4)30(42-54-21-52-16-15-50-12)22(2)18-38(7,48)35(57-37-31(44)28(43(10)11)17-23(3)55-37)25(5)32-27(36(47)56-29)19-53-41(59-32)20-39(8,51-13)34(46)26(6)58-41/h22-29,31-35,37,44-46,48-49H,14-21H2,1-13H3/b42-30+/t22-,23?,24+,25+,26?,27-,28?,29-,31?,32+,33-,34?,35-,37?,38-,39?,40-,41?/m1/s1. The van der Waals surface area contributed by atoms with Crippen molar-refractivity contribution in [3.05, 3.63) is 0 Å². The van der Waals surface area contributed by atoms with Crippen LogP contribution in [0.3, 0.4) is 0 Å². The lowest BCUT2D eigenvalue weighted by molar-refractivity contribution is -0.474. The van der Waals surface area contributed by atoms with E-state index in [1.165, 1.54) is 14.0 Å². The number of carbonyl (C=O) groups excluding carboxylic acids is 1. The van der Waals surface area contributed by atoms with Crippen LogP contribution in [0.15, 0.2) is 5.16 Å². The number of aliphatic hydroxyl groups excluding tert-OH is 3. The molecule has 59 heavy (non-hydrogen) atoms. The van der Waals surface area contributed by atoms with Gasteiger partial charge < -0.3 is 77.9 Å². The van der Waals surface area contributed by atoms with Crippen molar-refractivity contribution in [3.63, 3.8) is 0 Å². The van der Waals surface area contributed by atoms with E-state index in [9.17, 15) is 30.3 Å². The number of cyclic esters (lactones) is 1. The molecule has 4 aliphatic rings. The van der Waals surface area contributed by atoms with E-state index in [0.29, 0.717) is 13.0 Å². The van der Waals surface area contributed by atoms with Gasteiger partial charge in [0.15, 0.2) is 6.29 Å². The molecule has 4 heterocycles. The van der Waals surface area contributed by atoms with E-state index >= 15 is 0 Å². The van der Waals surface area contributed by atoms with E-state index in [1.807, 2.05) is 25.9 Å². The van der Waals surface area contributed by atoms with Crippen LogP contribution in [0.4, 0.5) is 0 Å². The number of carbonyl (C=O) groups is 1. The second kappa shape index (κ2) is 20.3. The molecule has 0 aromatic carbocycles. The van der Waals surface area contributed by atoms with Gasteiger partial charge in [-0.25, -0.2) is 0 Å². The maximum absolute atomic E-state index is 14.5. The predicted octanol–water partition coefficient (Wildman–Crippen LogP) is 1.55. The number of hydrogen-bond acceptors (Lipinski definition) is 18. The topological polar surface area (TPSA) is 226 Å². The van der Waals surface area contributed by atoms with Crippen LogP contribution in [-0.2, 0) is 52.3 Å². The van der Waals surface area contributed by atoms with Crippen LogP contribution in [0.5, 0.6) is 0 Å². The van der Waals surface area contributed by atoms with Crippen molar-refractivity contribution in [2.24, 2.45) is 28.8 Å². The number of hydrogen-bond donors (Lipinski definition) is 5. The van der Waals surface area contributed by atoms with Gasteiger partial charge in [-0.2, -0.15) is 0 Å². The Morgan fingerprint density at radius 3 is 2.25 bits per heavy atom. The van der Waals surface area contributed by atoms with Gasteiger partial charge in [-0.1, -0.05) is 32.9 Å². The van der Waals surface area contributed by atoms with Gasteiger partial charge in [-0.05, 0) is 68.0 Å². The molecular formula is C41H74N2O16. The summed E-state index contributed by atoms with van der Waals surface area (Å²) >= 11 is 0. The number of aliphatic hydroxyl groups is 5. The summed E-state index contributed by atoms with van der Waals surface area (Å²) < 4.78 is 54.7. The molecule has 4 saturated heterocycles. The number of nitrogens with zero attached hydrogens (tertiary/aromatic N) is 2. The summed E-state index contributed by atoms with van der Waals surface area (Å²) in [5.41, 5.74) is -4.69. The minimum absolute atomic E-state index is 0.0500. The van der Waals surface area contributed by atoms with Crippen LogP contribution in [0.2, 0.25) is 0 Å². The van der Waals surface area contributed by atoms with Crippen molar-refractivity contribution >= 4 is 11.7 Å². The van der Waals surface area contributed by atoms with Crippen LogP contribution in [0.1, 0.15) is 88.0 Å². The first-order valence-electron chi connectivity index (χ1n) is 21.0. The monoisotopic (exact) mass is 851 g/mol. The minimum atomic E-state index is -2.00. The molecule has 0 aromatic rings. The first kappa shape index (κ1) is 50.0.